The van der Waals surface area contributed by atoms with Crippen LogP contribution in [0.5, 0.6) is 0 Å². The lowest BCUT2D eigenvalue weighted by atomic mass is 10.1. The second-order valence-corrected chi connectivity index (χ2v) is 4.22. The van der Waals surface area contributed by atoms with Crippen molar-refractivity contribution in [3.8, 4) is 11.3 Å². The van der Waals surface area contributed by atoms with Crippen LogP contribution in [0.25, 0.3) is 11.3 Å². The number of hydrogen-bond acceptors (Lipinski definition) is 2. The number of rotatable bonds is 5. The van der Waals surface area contributed by atoms with Crippen LogP contribution < -0.4 is 5.32 Å². The summed E-state index contributed by atoms with van der Waals surface area (Å²) in [5.41, 5.74) is 3.69. The first kappa shape index (κ1) is 11.9. The summed E-state index contributed by atoms with van der Waals surface area (Å²) in [6.07, 6.45) is 3.00. The van der Waals surface area contributed by atoms with Crippen molar-refractivity contribution in [1.29, 1.82) is 0 Å². The van der Waals surface area contributed by atoms with E-state index in [2.05, 4.69) is 41.6 Å². The number of hydrogen-bond donors (Lipinski definition) is 1. The summed E-state index contributed by atoms with van der Waals surface area (Å²) in [4.78, 5) is 0. The predicted octanol–water partition coefficient (Wildman–Crippen LogP) is 2.59. The summed E-state index contributed by atoms with van der Waals surface area (Å²) < 4.78 is 1.90. The van der Waals surface area contributed by atoms with Crippen molar-refractivity contribution in [3.63, 3.8) is 0 Å². The second-order valence-electron chi connectivity index (χ2n) is 4.22. The monoisotopic (exact) mass is 229 g/mol. The summed E-state index contributed by atoms with van der Waals surface area (Å²) in [5.74, 6) is 0. The fourth-order valence-corrected chi connectivity index (χ4v) is 1.91. The fourth-order valence-electron chi connectivity index (χ4n) is 1.91. The van der Waals surface area contributed by atoms with E-state index in [4.69, 9.17) is 0 Å². The van der Waals surface area contributed by atoms with Crippen LogP contribution in [-0.4, -0.2) is 16.3 Å². The van der Waals surface area contributed by atoms with Crippen LogP contribution in [0.1, 0.15) is 18.9 Å². The van der Waals surface area contributed by atoms with Crippen molar-refractivity contribution >= 4 is 0 Å². The van der Waals surface area contributed by atoms with Crippen LogP contribution in [0.3, 0.4) is 0 Å². The maximum atomic E-state index is 4.20. The minimum absolute atomic E-state index is 0.930. The van der Waals surface area contributed by atoms with E-state index in [-0.39, 0.29) is 0 Å². The van der Waals surface area contributed by atoms with Crippen LogP contribution in [0.4, 0.5) is 0 Å². The zero-order valence-corrected chi connectivity index (χ0v) is 10.5. The Balaban J connectivity index is 2.14. The highest BCUT2D eigenvalue weighted by Gasteiger charge is 2.02. The van der Waals surface area contributed by atoms with Crippen LogP contribution in [0.15, 0.2) is 36.5 Å². The van der Waals surface area contributed by atoms with E-state index < -0.39 is 0 Å². The molecule has 1 aromatic carbocycles. The van der Waals surface area contributed by atoms with E-state index in [0.717, 1.165) is 18.8 Å². The molecular weight excluding hydrogens is 210 g/mol. The average Bonchev–Trinajstić information content (AvgIpc) is 2.76. The van der Waals surface area contributed by atoms with Gasteiger partial charge in [0.25, 0.3) is 0 Å². The molecule has 0 radical (unpaired) electrons. The smallest absolute Gasteiger partial charge is 0.0678 e. The molecule has 0 bridgehead atoms. The third kappa shape index (κ3) is 2.94. The Kier molecular flexibility index (Phi) is 3.94. The van der Waals surface area contributed by atoms with Crippen LogP contribution >= 0.6 is 0 Å². The second kappa shape index (κ2) is 5.64. The van der Waals surface area contributed by atoms with Crippen molar-refractivity contribution in [1.82, 2.24) is 15.1 Å². The van der Waals surface area contributed by atoms with Gasteiger partial charge in [0.1, 0.15) is 0 Å². The van der Waals surface area contributed by atoms with Crippen molar-refractivity contribution in [2.24, 2.45) is 7.05 Å². The lowest BCUT2D eigenvalue weighted by Gasteiger charge is -2.06. The molecule has 90 valence electrons. The lowest BCUT2D eigenvalue weighted by Crippen LogP contribution is -2.13. The predicted molar refractivity (Wildman–Crippen MR) is 70.6 cm³/mol. The Bertz CT molecular complexity index is 474. The molecule has 17 heavy (non-hydrogen) atoms. The molecule has 3 heteroatoms. The average molecular weight is 229 g/mol. The van der Waals surface area contributed by atoms with Gasteiger partial charge in [-0.1, -0.05) is 25.1 Å². The van der Waals surface area contributed by atoms with E-state index in [0.29, 0.717) is 0 Å². The Morgan fingerprint density at radius 3 is 2.88 bits per heavy atom. The summed E-state index contributed by atoms with van der Waals surface area (Å²) in [7, 11) is 1.97. The van der Waals surface area contributed by atoms with E-state index in [9.17, 15) is 0 Å². The molecule has 0 unspecified atom stereocenters. The zero-order chi connectivity index (χ0) is 12.1. The molecule has 0 amide bonds. The van der Waals surface area contributed by atoms with Crippen molar-refractivity contribution < 1.29 is 0 Å². The van der Waals surface area contributed by atoms with Gasteiger partial charge in [-0.3, -0.25) is 4.68 Å². The van der Waals surface area contributed by atoms with Gasteiger partial charge in [0.2, 0.25) is 0 Å². The SMILES string of the molecule is CCCNCc1cccc(-c2ccnn2C)c1. The maximum Gasteiger partial charge on any atom is 0.0678 e. The molecule has 0 aliphatic rings. The van der Waals surface area contributed by atoms with Crippen LogP contribution in [-0.2, 0) is 13.6 Å². The van der Waals surface area contributed by atoms with Gasteiger partial charge in [-0.05, 0) is 30.7 Å². The molecule has 0 aliphatic carbocycles. The highest BCUT2D eigenvalue weighted by atomic mass is 15.2. The van der Waals surface area contributed by atoms with Gasteiger partial charge < -0.3 is 5.32 Å². The van der Waals surface area contributed by atoms with Gasteiger partial charge >= 0.3 is 0 Å². The van der Waals surface area contributed by atoms with Crippen molar-refractivity contribution in [3.05, 3.63) is 42.1 Å². The van der Waals surface area contributed by atoms with E-state index >= 15 is 0 Å². The Morgan fingerprint density at radius 1 is 1.29 bits per heavy atom. The first-order chi connectivity index (χ1) is 8.31. The molecule has 1 N–H and O–H groups in total. The molecule has 2 aromatic rings. The van der Waals surface area contributed by atoms with E-state index in [1.54, 1.807) is 0 Å². The van der Waals surface area contributed by atoms with Crippen molar-refractivity contribution in [2.75, 3.05) is 6.54 Å². The molecule has 1 heterocycles. The topological polar surface area (TPSA) is 29.9 Å². The largest absolute Gasteiger partial charge is 0.313 e. The lowest BCUT2D eigenvalue weighted by molar-refractivity contribution is 0.675. The summed E-state index contributed by atoms with van der Waals surface area (Å²) in [5, 5.41) is 7.62. The first-order valence-corrected chi connectivity index (χ1v) is 6.09. The number of nitrogens with one attached hydrogen (secondary N) is 1. The van der Waals surface area contributed by atoms with Gasteiger partial charge in [-0.15, -0.1) is 0 Å². The van der Waals surface area contributed by atoms with Gasteiger partial charge in [0.05, 0.1) is 5.69 Å². The maximum absolute atomic E-state index is 4.20. The third-order valence-electron chi connectivity index (χ3n) is 2.80. The summed E-state index contributed by atoms with van der Waals surface area (Å²) >= 11 is 0. The Morgan fingerprint density at radius 2 is 2.18 bits per heavy atom. The Hall–Kier alpha value is -1.61. The van der Waals surface area contributed by atoms with Crippen molar-refractivity contribution in [2.45, 2.75) is 19.9 Å². The summed E-state index contributed by atoms with van der Waals surface area (Å²) in [6, 6.07) is 10.6. The minimum Gasteiger partial charge on any atom is -0.313 e. The molecule has 0 saturated heterocycles. The molecule has 0 aliphatic heterocycles. The minimum atomic E-state index is 0.930. The van der Waals surface area contributed by atoms with Gasteiger partial charge in [0.15, 0.2) is 0 Å². The number of nitrogens with zero attached hydrogens (tertiary/aromatic N) is 2. The fraction of sp³-hybridized carbons (Fsp3) is 0.357. The van der Waals surface area contributed by atoms with Crippen LogP contribution in [0, 0.1) is 0 Å². The summed E-state index contributed by atoms with van der Waals surface area (Å²) in [6.45, 7) is 4.18. The molecule has 0 fully saturated rings. The number of aryl methyl sites for hydroxylation is 1. The van der Waals surface area contributed by atoms with Gasteiger partial charge in [-0.25, -0.2) is 0 Å². The molecule has 0 saturated carbocycles. The number of benzene rings is 1. The van der Waals surface area contributed by atoms with E-state index in [1.165, 1.54) is 17.5 Å². The Labute approximate surface area is 102 Å². The molecule has 0 atom stereocenters. The molecule has 3 nitrogen and oxygen atoms in total. The van der Waals surface area contributed by atoms with Gasteiger partial charge in [0, 0.05) is 25.4 Å². The molecule has 2 rings (SSSR count). The quantitative estimate of drug-likeness (QED) is 0.799. The molecule has 1 aromatic heterocycles. The highest BCUT2D eigenvalue weighted by molar-refractivity contribution is 5.60. The zero-order valence-electron chi connectivity index (χ0n) is 10.5. The van der Waals surface area contributed by atoms with Gasteiger partial charge in [-0.2, -0.15) is 5.10 Å². The van der Waals surface area contributed by atoms with Crippen LogP contribution in [0.2, 0.25) is 0 Å². The third-order valence-corrected chi connectivity index (χ3v) is 2.80. The molecule has 0 spiro atoms. The first-order valence-electron chi connectivity index (χ1n) is 6.09. The number of aromatic nitrogens is 2. The molecular formula is C14H19N3. The standard InChI is InChI=1S/C14H19N3/c1-3-8-15-11-12-5-4-6-13(10-12)14-7-9-16-17(14)2/h4-7,9-10,15H,3,8,11H2,1-2H3. The highest BCUT2D eigenvalue weighted by Crippen LogP contribution is 2.19. The van der Waals surface area contributed by atoms with E-state index in [1.807, 2.05) is 24.0 Å². The normalized spacial score (nSPS) is 10.7.